The molecule has 2 aromatic heterocycles. The number of piperidine rings is 1. The number of rotatable bonds is 6. The van der Waals surface area contributed by atoms with Crippen LogP contribution in [0.3, 0.4) is 0 Å². The maximum absolute atomic E-state index is 13.9. The Balaban J connectivity index is 1.23. The standard InChI is InChI=1S/C24H23F4N3O2/c25-20-4-2-1-3-19(20)21-8-6-18(33-21)7-10-23(32)30-17-11-13-31(14-12-17)22-9-5-16(15-29-22)24(26,27)28/h1-6,8-9,15,17H,7,10-14H2,(H,30,32). The Morgan fingerprint density at radius 3 is 2.52 bits per heavy atom. The van der Waals surface area contributed by atoms with Gasteiger partial charge in [0.05, 0.1) is 11.1 Å². The molecule has 3 aromatic rings. The highest BCUT2D eigenvalue weighted by Crippen LogP contribution is 2.30. The molecule has 1 aromatic carbocycles. The van der Waals surface area contributed by atoms with E-state index in [0.717, 1.165) is 12.3 Å². The number of amides is 1. The van der Waals surface area contributed by atoms with Gasteiger partial charge in [-0.15, -0.1) is 0 Å². The van der Waals surface area contributed by atoms with Gasteiger partial charge in [0.1, 0.15) is 23.2 Å². The van der Waals surface area contributed by atoms with Crippen LogP contribution in [0.15, 0.2) is 59.1 Å². The van der Waals surface area contributed by atoms with Gasteiger partial charge in [-0.1, -0.05) is 12.1 Å². The number of aryl methyl sites for hydroxylation is 1. The number of nitrogens with zero attached hydrogens (tertiary/aromatic N) is 2. The summed E-state index contributed by atoms with van der Waals surface area (Å²) in [4.78, 5) is 18.2. The number of hydrogen-bond donors (Lipinski definition) is 1. The lowest BCUT2D eigenvalue weighted by molar-refractivity contribution is -0.137. The first-order valence-electron chi connectivity index (χ1n) is 10.7. The van der Waals surface area contributed by atoms with Gasteiger partial charge >= 0.3 is 6.18 Å². The molecule has 5 nitrogen and oxygen atoms in total. The summed E-state index contributed by atoms with van der Waals surface area (Å²) in [5, 5.41) is 3.00. The summed E-state index contributed by atoms with van der Waals surface area (Å²) in [6.07, 6.45) is -1.58. The van der Waals surface area contributed by atoms with E-state index in [4.69, 9.17) is 4.42 Å². The minimum atomic E-state index is -4.41. The van der Waals surface area contributed by atoms with Crippen molar-refractivity contribution in [3.05, 3.63) is 71.9 Å². The van der Waals surface area contributed by atoms with Gasteiger partial charge in [-0.2, -0.15) is 13.2 Å². The minimum Gasteiger partial charge on any atom is -0.461 e. The molecule has 1 aliphatic rings. The van der Waals surface area contributed by atoms with Crippen LogP contribution < -0.4 is 10.2 Å². The van der Waals surface area contributed by atoms with Gasteiger partial charge in [0.2, 0.25) is 5.91 Å². The molecule has 4 rings (SSSR count). The van der Waals surface area contributed by atoms with Gasteiger partial charge in [-0.25, -0.2) is 9.37 Å². The first kappa shape index (κ1) is 22.8. The van der Waals surface area contributed by atoms with Crippen molar-refractivity contribution in [1.82, 2.24) is 10.3 Å². The maximum atomic E-state index is 13.9. The predicted octanol–water partition coefficient (Wildman–Crippen LogP) is 5.22. The fourth-order valence-electron chi connectivity index (χ4n) is 3.85. The number of aromatic nitrogens is 1. The quantitative estimate of drug-likeness (QED) is 0.512. The van der Waals surface area contributed by atoms with Crippen molar-refractivity contribution < 1.29 is 26.8 Å². The molecule has 1 saturated heterocycles. The molecule has 0 radical (unpaired) electrons. The Hall–Kier alpha value is -3.36. The number of hydrogen-bond acceptors (Lipinski definition) is 4. The van der Waals surface area contributed by atoms with Crippen LogP contribution in [0.1, 0.15) is 30.6 Å². The van der Waals surface area contributed by atoms with E-state index in [9.17, 15) is 22.4 Å². The molecule has 0 saturated carbocycles. The first-order chi connectivity index (χ1) is 15.8. The number of pyridine rings is 1. The predicted molar refractivity (Wildman–Crippen MR) is 115 cm³/mol. The molecule has 0 spiro atoms. The van der Waals surface area contributed by atoms with E-state index in [-0.39, 0.29) is 24.2 Å². The highest BCUT2D eigenvalue weighted by atomic mass is 19.4. The second-order valence-electron chi connectivity index (χ2n) is 7.98. The van der Waals surface area contributed by atoms with Crippen molar-refractivity contribution in [2.45, 2.75) is 37.9 Å². The summed E-state index contributed by atoms with van der Waals surface area (Å²) in [5.74, 6) is 1.05. The second kappa shape index (κ2) is 9.64. The zero-order chi connectivity index (χ0) is 23.4. The van der Waals surface area contributed by atoms with E-state index in [1.807, 2.05) is 4.90 Å². The number of carbonyl (C=O) groups is 1. The van der Waals surface area contributed by atoms with Gasteiger partial charge < -0.3 is 14.6 Å². The summed E-state index contributed by atoms with van der Waals surface area (Å²) in [7, 11) is 0. The summed E-state index contributed by atoms with van der Waals surface area (Å²) >= 11 is 0. The number of benzene rings is 1. The van der Waals surface area contributed by atoms with Crippen LogP contribution in [0.4, 0.5) is 23.4 Å². The molecule has 0 unspecified atom stereocenters. The van der Waals surface area contributed by atoms with Crippen molar-refractivity contribution in [2.75, 3.05) is 18.0 Å². The second-order valence-corrected chi connectivity index (χ2v) is 7.98. The fraction of sp³-hybridized carbons (Fsp3) is 0.333. The molecule has 0 atom stereocenters. The molecule has 3 heterocycles. The summed E-state index contributed by atoms with van der Waals surface area (Å²) < 4.78 is 57.6. The zero-order valence-electron chi connectivity index (χ0n) is 17.7. The monoisotopic (exact) mass is 461 g/mol. The van der Waals surface area contributed by atoms with Gasteiger partial charge in [-0.3, -0.25) is 4.79 Å². The Kier molecular flexibility index (Phi) is 6.67. The molecule has 1 fully saturated rings. The maximum Gasteiger partial charge on any atom is 0.417 e. The molecule has 9 heteroatoms. The summed E-state index contributed by atoms with van der Waals surface area (Å²) in [5.41, 5.74) is -0.395. The molecule has 0 aliphatic carbocycles. The van der Waals surface area contributed by atoms with Crippen LogP contribution in [-0.2, 0) is 17.4 Å². The molecule has 0 bridgehead atoms. The minimum absolute atomic E-state index is 0.00576. The third kappa shape index (κ3) is 5.71. The van der Waals surface area contributed by atoms with Gasteiger partial charge in [-0.05, 0) is 49.2 Å². The van der Waals surface area contributed by atoms with E-state index in [1.54, 1.807) is 30.3 Å². The van der Waals surface area contributed by atoms with Gasteiger partial charge in [0, 0.05) is 38.2 Å². The third-order valence-corrected chi connectivity index (χ3v) is 5.66. The third-order valence-electron chi connectivity index (χ3n) is 5.66. The molecule has 174 valence electrons. The van der Waals surface area contributed by atoms with Gasteiger partial charge in [0.15, 0.2) is 0 Å². The lowest BCUT2D eigenvalue weighted by Crippen LogP contribution is -2.45. The normalized spacial score (nSPS) is 15.0. The Bertz CT molecular complexity index is 1090. The zero-order valence-corrected chi connectivity index (χ0v) is 17.7. The molecule has 1 aliphatic heterocycles. The van der Waals surface area contributed by atoms with E-state index >= 15 is 0 Å². The van der Waals surface area contributed by atoms with Crippen LogP contribution >= 0.6 is 0 Å². The van der Waals surface area contributed by atoms with E-state index in [1.165, 1.54) is 12.1 Å². The molecule has 1 N–H and O–H groups in total. The van der Waals surface area contributed by atoms with Crippen LogP contribution in [0.25, 0.3) is 11.3 Å². The van der Waals surface area contributed by atoms with Crippen molar-refractivity contribution in [3.8, 4) is 11.3 Å². The number of alkyl halides is 3. The van der Waals surface area contributed by atoms with Crippen LogP contribution in [0.5, 0.6) is 0 Å². The largest absolute Gasteiger partial charge is 0.461 e. The molecular weight excluding hydrogens is 438 g/mol. The number of carbonyl (C=O) groups excluding carboxylic acids is 1. The highest BCUT2D eigenvalue weighted by Gasteiger charge is 2.31. The topological polar surface area (TPSA) is 58.4 Å². The number of nitrogens with one attached hydrogen (secondary N) is 1. The first-order valence-corrected chi connectivity index (χ1v) is 10.7. The lowest BCUT2D eigenvalue weighted by atomic mass is 10.0. The average molecular weight is 461 g/mol. The van der Waals surface area contributed by atoms with Crippen LogP contribution in [-0.4, -0.2) is 30.0 Å². The lowest BCUT2D eigenvalue weighted by Gasteiger charge is -2.33. The Morgan fingerprint density at radius 2 is 1.85 bits per heavy atom. The van der Waals surface area contributed by atoms with Crippen molar-refractivity contribution in [2.24, 2.45) is 0 Å². The van der Waals surface area contributed by atoms with Crippen LogP contribution in [0, 0.1) is 5.82 Å². The smallest absolute Gasteiger partial charge is 0.417 e. The van der Waals surface area contributed by atoms with Crippen molar-refractivity contribution >= 4 is 11.7 Å². The Morgan fingerprint density at radius 1 is 1.09 bits per heavy atom. The summed E-state index contributed by atoms with van der Waals surface area (Å²) in [6, 6.07) is 12.2. The highest BCUT2D eigenvalue weighted by molar-refractivity contribution is 5.76. The fourth-order valence-corrected chi connectivity index (χ4v) is 3.85. The van der Waals surface area contributed by atoms with Crippen molar-refractivity contribution in [1.29, 1.82) is 0 Å². The van der Waals surface area contributed by atoms with E-state index in [0.29, 0.717) is 55.3 Å². The number of furan rings is 1. The van der Waals surface area contributed by atoms with Crippen LogP contribution in [0.2, 0.25) is 0 Å². The van der Waals surface area contributed by atoms with Crippen molar-refractivity contribution in [3.63, 3.8) is 0 Å². The molecule has 1 amide bonds. The van der Waals surface area contributed by atoms with E-state index in [2.05, 4.69) is 10.3 Å². The molecular formula is C24H23F4N3O2. The Labute approximate surface area is 188 Å². The summed E-state index contributed by atoms with van der Waals surface area (Å²) in [6.45, 7) is 1.18. The molecule has 33 heavy (non-hydrogen) atoms. The SMILES string of the molecule is O=C(CCc1ccc(-c2ccccc2F)o1)NC1CCN(c2ccc(C(F)(F)F)cn2)CC1. The number of halogens is 4. The van der Waals surface area contributed by atoms with E-state index < -0.39 is 11.7 Å². The number of anilines is 1. The average Bonchev–Trinajstić information content (AvgIpc) is 3.27. The van der Waals surface area contributed by atoms with Gasteiger partial charge in [0.25, 0.3) is 0 Å².